The fourth-order valence-electron chi connectivity index (χ4n) is 3.65. The summed E-state index contributed by atoms with van der Waals surface area (Å²) in [6, 6.07) is 16.3. The first kappa shape index (κ1) is 15.9. The molecule has 128 valence electrons. The van der Waals surface area contributed by atoms with Crippen LogP contribution >= 0.6 is 0 Å². The van der Waals surface area contributed by atoms with Crippen LogP contribution in [0.4, 0.5) is 0 Å². The minimum Gasteiger partial charge on any atom is -0.465 e. The van der Waals surface area contributed by atoms with Crippen molar-refractivity contribution in [3.05, 3.63) is 70.9 Å². The number of aryl methyl sites for hydroxylation is 1. The number of benzene rings is 2. The molecule has 1 aliphatic rings. The minimum atomic E-state index is -0.335. The number of hydrogen-bond acceptors (Lipinski definition) is 3. The zero-order chi connectivity index (χ0) is 17.4. The van der Waals surface area contributed by atoms with Crippen LogP contribution in [0, 0.1) is 6.92 Å². The van der Waals surface area contributed by atoms with E-state index in [1.54, 1.807) is 0 Å². The number of esters is 1. The highest BCUT2D eigenvalue weighted by Crippen LogP contribution is 2.35. The lowest BCUT2D eigenvalue weighted by atomic mass is 9.90. The smallest absolute Gasteiger partial charge is 0.323 e. The van der Waals surface area contributed by atoms with Gasteiger partial charge in [0.15, 0.2) is 0 Å². The molecule has 4 rings (SSSR count). The summed E-state index contributed by atoms with van der Waals surface area (Å²) in [6.45, 7) is 4.32. The SMILES string of the molecule is CCOC(=O)[C@@H]1Cc2c([nH]c3ccccc23)[C@H](c2ccc(C)cc2)N1. The number of H-pyrrole nitrogens is 1. The number of aromatic nitrogens is 1. The van der Waals surface area contributed by atoms with Crippen LogP contribution < -0.4 is 5.32 Å². The molecule has 0 bridgehead atoms. The Labute approximate surface area is 147 Å². The van der Waals surface area contributed by atoms with Gasteiger partial charge < -0.3 is 9.72 Å². The van der Waals surface area contributed by atoms with Crippen molar-refractivity contribution in [2.75, 3.05) is 6.61 Å². The van der Waals surface area contributed by atoms with E-state index < -0.39 is 0 Å². The van der Waals surface area contributed by atoms with Crippen LogP contribution in [-0.2, 0) is 16.0 Å². The van der Waals surface area contributed by atoms with E-state index in [1.165, 1.54) is 16.5 Å². The highest BCUT2D eigenvalue weighted by Gasteiger charge is 2.34. The maximum atomic E-state index is 12.4. The van der Waals surface area contributed by atoms with E-state index in [4.69, 9.17) is 4.74 Å². The van der Waals surface area contributed by atoms with Crippen LogP contribution in [0.5, 0.6) is 0 Å². The second-order valence-corrected chi connectivity index (χ2v) is 6.58. The molecule has 0 saturated heterocycles. The van der Waals surface area contributed by atoms with Crippen LogP contribution in [0.15, 0.2) is 48.5 Å². The van der Waals surface area contributed by atoms with Crippen molar-refractivity contribution in [1.29, 1.82) is 0 Å². The Balaban J connectivity index is 1.82. The van der Waals surface area contributed by atoms with Crippen molar-refractivity contribution in [2.24, 2.45) is 0 Å². The van der Waals surface area contributed by atoms with Gasteiger partial charge in [0.05, 0.1) is 12.6 Å². The third-order valence-electron chi connectivity index (χ3n) is 4.89. The van der Waals surface area contributed by atoms with Gasteiger partial charge in [0.2, 0.25) is 0 Å². The van der Waals surface area contributed by atoms with Crippen molar-refractivity contribution in [1.82, 2.24) is 10.3 Å². The van der Waals surface area contributed by atoms with Gasteiger partial charge in [0, 0.05) is 23.0 Å². The van der Waals surface area contributed by atoms with Gasteiger partial charge in [-0.2, -0.15) is 0 Å². The standard InChI is InChI=1S/C21H22N2O2/c1-3-25-21(24)18-12-16-15-6-4-5-7-17(15)22-20(16)19(23-18)14-10-8-13(2)9-11-14/h4-11,18-19,22-23H,3,12H2,1-2H3/t18-,19-/m0/s1. The van der Waals surface area contributed by atoms with Gasteiger partial charge in [-0.05, 0) is 31.0 Å². The van der Waals surface area contributed by atoms with Gasteiger partial charge in [-0.15, -0.1) is 0 Å². The van der Waals surface area contributed by atoms with E-state index in [2.05, 4.69) is 53.6 Å². The third kappa shape index (κ3) is 2.83. The van der Waals surface area contributed by atoms with E-state index in [9.17, 15) is 4.79 Å². The third-order valence-corrected chi connectivity index (χ3v) is 4.89. The summed E-state index contributed by atoms with van der Waals surface area (Å²) < 4.78 is 5.28. The summed E-state index contributed by atoms with van der Waals surface area (Å²) in [5.74, 6) is -0.185. The summed E-state index contributed by atoms with van der Waals surface area (Å²) in [4.78, 5) is 16.0. The molecule has 2 heterocycles. The van der Waals surface area contributed by atoms with Crippen LogP contribution in [-0.4, -0.2) is 23.6 Å². The predicted octanol–water partition coefficient (Wildman–Crippen LogP) is 3.64. The number of aromatic amines is 1. The first-order valence-electron chi connectivity index (χ1n) is 8.76. The Hall–Kier alpha value is -2.59. The zero-order valence-corrected chi connectivity index (χ0v) is 14.5. The summed E-state index contributed by atoms with van der Waals surface area (Å²) in [5, 5.41) is 4.67. The molecule has 0 amide bonds. The highest BCUT2D eigenvalue weighted by atomic mass is 16.5. The van der Waals surface area contributed by atoms with Gasteiger partial charge in [-0.3, -0.25) is 10.1 Å². The molecular weight excluding hydrogens is 312 g/mol. The Morgan fingerprint density at radius 1 is 1.16 bits per heavy atom. The van der Waals surface area contributed by atoms with Crippen molar-refractivity contribution in [3.63, 3.8) is 0 Å². The minimum absolute atomic E-state index is 0.0499. The number of rotatable bonds is 3. The molecule has 0 fully saturated rings. The fourth-order valence-corrected chi connectivity index (χ4v) is 3.65. The maximum absolute atomic E-state index is 12.4. The van der Waals surface area contributed by atoms with Crippen molar-refractivity contribution in [3.8, 4) is 0 Å². The second kappa shape index (κ2) is 6.37. The molecule has 4 nitrogen and oxygen atoms in total. The van der Waals surface area contributed by atoms with Crippen molar-refractivity contribution in [2.45, 2.75) is 32.4 Å². The molecule has 25 heavy (non-hydrogen) atoms. The number of hydrogen-bond donors (Lipinski definition) is 2. The number of para-hydroxylation sites is 1. The fraction of sp³-hybridized carbons (Fsp3) is 0.286. The molecule has 0 saturated carbocycles. The van der Waals surface area contributed by atoms with E-state index in [0.717, 1.165) is 16.8 Å². The monoisotopic (exact) mass is 334 g/mol. The first-order chi connectivity index (χ1) is 12.2. The number of nitrogens with one attached hydrogen (secondary N) is 2. The lowest BCUT2D eigenvalue weighted by Crippen LogP contribution is -2.45. The molecule has 0 spiro atoms. The number of fused-ring (bicyclic) bond motifs is 3. The molecule has 2 aromatic carbocycles. The first-order valence-corrected chi connectivity index (χ1v) is 8.76. The molecule has 1 aliphatic heterocycles. The second-order valence-electron chi connectivity index (χ2n) is 6.58. The molecule has 2 atom stereocenters. The molecule has 0 aliphatic carbocycles. The zero-order valence-electron chi connectivity index (χ0n) is 14.5. The summed E-state index contributed by atoms with van der Waals surface area (Å²) in [6.07, 6.45) is 0.639. The largest absolute Gasteiger partial charge is 0.465 e. The average Bonchev–Trinajstić information content (AvgIpc) is 3.00. The van der Waals surface area contributed by atoms with Gasteiger partial charge in [0.1, 0.15) is 6.04 Å². The summed E-state index contributed by atoms with van der Waals surface area (Å²) >= 11 is 0. The lowest BCUT2D eigenvalue weighted by molar-refractivity contribution is -0.146. The quantitative estimate of drug-likeness (QED) is 0.719. The van der Waals surface area contributed by atoms with Crippen LogP contribution in [0.1, 0.15) is 35.3 Å². The Morgan fingerprint density at radius 2 is 1.92 bits per heavy atom. The normalized spacial score (nSPS) is 19.6. The van der Waals surface area contributed by atoms with Crippen LogP contribution in [0.25, 0.3) is 10.9 Å². The Bertz CT molecular complexity index is 911. The summed E-state index contributed by atoms with van der Waals surface area (Å²) in [5.41, 5.74) is 5.82. The van der Waals surface area contributed by atoms with Gasteiger partial charge in [-0.25, -0.2) is 0 Å². The van der Waals surface area contributed by atoms with Crippen LogP contribution in [0.2, 0.25) is 0 Å². The van der Waals surface area contributed by atoms with E-state index >= 15 is 0 Å². The number of carbonyl (C=O) groups excluding carboxylic acids is 1. The molecule has 2 N–H and O–H groups in total. The molecular formula is C21H22N2O2. The molecule has 0 radical (unpaired) electrons. The van der Waals surface area contributed by atoms with Gasteiger partial charge >= 0.3 is 5.97 Å². The topological polar surface area (TPSA) is 54.1 Å². The lowest BCUT2D eigenvalue weighted by Gasteiger charge is -2.30. The van der Waals surface area contributed by atoms with E-state index in [-0.39, 0.29) is 18.1 Å². The Morgan fingerprint density at radius 3 is 2.68 bits per heavy atom. The van der Waals surface area contributed by atoms with Crippen LogP contribution in [0.3, 0.4) is 0 Å². The number of ether oxygens (including phenoxy) is 1. The van der Waals surface area contributed by atoms with Gasteiger partial charge in [-0.1, -0.05) is 48.0 Å². The Kier molecular flexibility index (Phi) is 4.06. The maximum Gasteiger partial charge on any atom is 0.323 e. The molecule has 0 unspecified atom stereocenters. The van der Waals surface area contributed by atoms with Crippen molar-refractivity contribution < 1.29 is 9.53 Å². The van der Waals surface area contributed by atoms with Gasteiger partial charge in [0.25, 0.3) is 0 Å². The van der Waals surface area contributed by atoms with E-state index in [0.29, 0.717) is 13.0 Å². The molecule has 4 heteroatoms. The van der Waals surface area contributed by atoms with E-state index in [1.807, 2.05) is 19.1 Å². The number of carbonyl (C=O) groups is 1. The molecule has 3 aromatic rings. The molecule has 1 aromatic heterocycles. The average molecular weight is 334 g/mol. The highest BCUT2D eigenvalue weighted by molar-refractivity contribution is 5.87. The summed E-state index contributed by atoms with van der Waals surface area (Å²) in [7, 11) is 0. The predicted molar refractivity (Wildman–Crippen MR) is 98.6 cm³/mol. The van der Waals surface area contributed by atoms with Crippen molar-refractivity contribution >= 4 is 16.9 Å².